The van der Waals surface area contributed by atoms with Gasteiger partial charge in [0.15, 0.2) is 23.2 Å². The molecule has 2 aromatic carbocycles. The molecule has 5 N–H and O–H groups in total. The summed E-state index contributed by atoms with van der Waals surface area (Å²) in [7, 11) is 1.03. The largest absolute Gasteiger partial charge is 0.496 e. The van der Waals surface area contributed by atoms with E-state index in [0.717, 1.165) is 69.1 Å². The number of ether oxygens (including phenoxy) is 2. The van der Waals surface area contributed by atoms with E-state index in [2.05, 4.69) is 61.7 Å². The van der Waals surface area contributed by atoms with Crippen molar-refractivity contribution in [2.45, 2.75) is 76.3 Å². The number of hydrogen-bond acceptors (Lipinski definition) is 11. The van der Waals surface area contributed by atoms with Crippen LogP contribution >= 0.6 is 47.9 Å². The van der Waals surface area contributed by atoms with E-state index in [-0.39, 0.29) is 17.9 Å². The van der Waals surface area contributed by atoms with Gasteiger partial charge in [0, 0.05) is 72.1 Å². The molecule has 0 saturated heterocycles. The standard InChI is InChI=1S/C16H21N3O4S.C10H10N2O2.C6H12ClNO2S.I2/c1-22-14-10-6-5-9-13(14)15-11-16(17-23-15)19-24(20,21)18-12-7-3-2-4-8-12;1-13-8-5-3-2-4-7(8)9-6-10(11)12-14-9;7-11(9,10)8-6-4-2-1-3-5-6;1-2/h5-6,9-12,18H,2-4,7-8H2,1H3,(H,17,19);2-6H,1H3,(H2,11,12);6,8H,1-5H2;. The highest BCUT2D eigenvalue weighted by molar-refractivity contribution is 15.0. The number of nitrogens with zero attached hydrogens (tertiary/aromatic N) is 2. The number of rotatable bonds is 10. The van der Waals surface area contributed by atoms with Crippen LogP contribution in [0.2, 0.25) is 0 Å². The molecule has 4 aromatic rings. The summed E-state index contributed by atoms with van der Waals surface area (Å²) in [4.78, 5) is 0. The first-order valence-corrected chi connectivity index (χ1v) is 26.2. The van der Waals surface area contributed by atoms with Gasteiger partial charge in [-0.25, -0.2) is 0 Å². The number of para-hydroxylation sites is 2. The van der Waals surface area contributed by atoms with Crippen molar-refractivity contribution in [3.05, 3.63) is 60.7 Å². The van der Waals surface area contributed by atoms with Crippen LogP contribution in [0.4, 0.5) is 11.6 Å². The first kappa shape index (κ1) is 43.0. The summed E-state index contributed by atoms with van der Waals surface area (Å²) in [6.45, 7) is 0. The van der Waals surface area contributed by atoms with Crippen molar-refractivity contribution in [3.63, 3.8) is 0 Å². The molecule has 0 aliphatic heterocycles. The van der Waals surface area contributed by atoms with Gasteiger partial charge in [0.2, 0.25) is 0 Å². The second-order valence-electron chi connectivity index (χ2n) is 11.5. The average Bonchev–Trinajstić information content (AvgIpc) is 3.78. The van der Waals surface area contributed by atoms with Crippen LogP contribution in [0.5, 0.6) is 11.5 Å². The Morgan fingerprint density at radius 2 is 1.18 bits per heavy atom. The molecular formula is C32H43ClI2N6O8S2. The second-order valence-corrected chi connectivity index (χ2v) is 15.3. The van der Waals surface area contributed by atoms with Gasteiger partial charge < -0.3 is 24.3 Å². The van der Waals surface area contributed by atoms with E-state index in [1.165, 1.54) is 12.5 Å². The van der Waals surface area contributed by atoms with Crippen LogP contribution in [0.1, 0.15) is 64.2 Å². The van der Waals surface area contributed by atoms with Crippen molar-refractivity contribution < 1.29 is 35.4 Å². The van der Waals surface area contributed by atoms with Gasteiger partial charge in [0.1, 0.15) is 11.5 Å². The van der Waals surface area contributed by atoms with Crippen molar-refractivity contribution >= 4 is 79.0 Å². The minimum absolute atomic E-state index is 0.0168. The van der Waals surface area contributed by atoms with Gasteiger partial charge in [-0.1, -0.05) is 73.1 Å². The van der Waals surface area contributed by atoms with Crippen molar-refractivity contribution in [1.82, 2.24) is 19.8 Å². The van der Waals surface area contributed by atoms with Crippen LogP contribution in [0.25, 0.3) is 22.6 Å². The molecule has 2 saturated carbocycles. The predicted octanol–water partition coefficient (Wildman–Crippen LogP) is 8.03. The van der Waals surface area contributed by atoms with Crippen LogP contribution in [0.3, 0.4) is 0 Å². The van der Waals surface area contributed by atoms with Gasteiger partial charge in [-0.2, -0.15) is 26.3 Å². The maximum Gasteiger partial charge on any atom is 0.300 e. The summed E-state index contributed by atoms with van der Waals surface area (Å²) in [6, 6.07) is 18.1. The fraction of sp³-hybridized carbons (Fsp3) is 0.438. The molecule has 0 bridgehead atoms. The first-order valence-electron chi connectivity index (χ1n) is 16.1. The topological polar surface area (TPSA) is 201 Å². The molecule has 0 unspecified atom stereocenters. The highest BCUT2D eigenvalue weighted by atomic mass is 128. The molecule has 19 heteroatoms. The summed E-state index contributed by atoms with van der Waals surface area (Å²) >= 11 is 4.24. The number of nitrogens with one attached hydrogen (secondary N) is 3. The van der Waals surface area contributed by atoms with E-state index in [9.17, 15) is 16.8 Å². The van der Waals surface area contributed by atoms with Crippen LogP contribution in [-0.2, 0) is 19.4 Å². The normalized spacial score (nSPS) is 15.2. The van der Waals surface area contributed by atoms with Crippen LogP contribution in [0, 0.1) is 0 Å². The number of nitrogen functional groups attached to an aromatic ring is 1. The lowest BCUT2D eigenvalue weighted by Gasteiger charge is -2.22. The number of methoxy groups -OCH3 is 2. The molecule has 0 radical (unpaired) electrons. The quantitative estimate of drug-likeness (QED) is 0.0886. The highest BCUT2D eigenvalue weighted by Gasteiger charge is 2.22. The van der Waals surface area contributed by atoms with Crippen molar-refractivity contribution in [2.24, 2.45) is 0 Å². The molecule has 2 fully saturated rings. The summed E-state index contributed by atoms with van der Waals surface area (Å²) < 4.78 is 73.7. The molecule has 0 spiro atoms. The molecule has 6 rings (SSSR count). The third-order valence-electron chi connectivity index (χ3n) is 7.86. The van der Waals surface area contributed by atoms with Gasteiger partial charge in [0.05, 0.1) is 25.3 Å². The summed E-state index contributed by atoms with van der Waals surface area (Å²) in [5, 5.41) is 7.40. The van der Waals surface area contributed by atoms with Crippen LogP contribution in [0.15, 0.2) is 69.7 Å². The number of benzene rings is 2. The molecule has 282 valence electrons. The lowest BCUT2D eigenvalue weighted by molar-refractivity contribution is 0.406. The van der Waals surface area contributed by atoms with E-state index < -0.39 is 19.4 Å². The van der Waals surface area contributed by atoms with E-state index in [1.807, 2.05) is 42.5 Å². The Morgan fingerprint density at radius 3 is 1.63 bits per heavy atom. The minimum atomic E-state index is -3.67. The summed E-state index contributed by atoms with van der Waals surface area (Å²) in [5.74, 6) is 2.92. The Balaban J connectivity index is 0.000000220. The predicted molar refractivity (Wildman–Crippen MR) is 217 cm³/mol. The zero-order chi connectivity index (χ0) is 37.3. The zero-order valence-electron chi connectivity index (χ0n) is 28.2. The number of nitrogens with two attached hydrogens (primary N) is 1. The van der Waals surface area contributed by atoms with Crippen molar-refractivity contribution in [3.8, 4) is 34.1 Å². The Labute approximate surface area is 327 Å². The van der Waals surface area contributed by atoms with Crippen molar-refractivity contribution in [1.29, 1.82) is 0 Å². The van der Waals surface area contributed by atoms with Gasteiger partial charge in [-0.3, -0.25) is 4.72 Å². The monoisotopic (exact) mass is 992 g/mol. The van der Waals surface area contributed by atoms with Gasteiger partial charge >= 0.3 is 10.2 Å². The van der Waals surface area contributed by atoms with Gasteiger partial charge in [0.25, 0.3) is 9.24 Å². The maximum absolute atomic E-state index is 12.2. The van der Waals surface area contributed by atoms with Gasteiger partial charge in [-0.05, 0) is 49.9 Å². The summed E-state index contributed by atoms with van der Waals surface area (Å²) in [5.41, 5.74) is 7.01. The number of anilines is 2. The van der Waals surface area contributed by atoms with E-state index in [1.54, 1.807) is 26.4 Å². The Hall–Kier alpha value is -2.37. The van der Waals surface area contributed by atoms with E-state index >= 15 is 0 Å². The third-order valence-corrected chi connectivity index (χ3v) is 9.87. The number of halogens is 3. The molecular weight excluding hydrogens is 950 g/mol. The van der Waals surface area contributed by atoms with Crippen LogP contribution < -0.4 is 29.4 Å². The summed E-state index contributed by atoms with van der Waals surface area (Å²) in [6.07, 6.45) is 10.3. The fourth-order valence-corrected chi connectivity index (χ4v) is 7.71. The molecule has 14 nitrogen and oxygen atoms in total. The van der Waals surface area contributed by atoms with Crippen LogP contribution in [-0.4, -0.2) is 53.5 Å². The fourth-order valence-electron chi connectivity index (χ4n) is 5.59. The van der Waals surface area contributed by atoms with E-state index in [4.69, 9.17) is 34.9 Å². The smallest absolute Gasteiger partial charge is 0.300 e. The van der Waals surface area contributed by atoms with Gasteiger partial charge in [-0.15, -0.1) is 0 Å². The molecule has 0 atom stereocenters. The molecule has 2 aromatic heterocycles. The number of aromatic nitrogens is 2. The second kappa shape index (κ2) is 22.0. The molecule has 0 amide bonds. The average molecular weight is 993 g/mol. The Bertz CT molecular complexity index is 1830. The van der Waals surface area contributed by atoms with Crippen molar-refractivity contribution in [2.75, 3.05) is 24.7 Å². The third kappa shape index (κ3) is 15.3. The molecule has 2 heterocycles. The maximum atomic E-state index is 12.2. The lowest BCUT2D eigenvalue weighted by Crippen LogP contribution is -2.39. The lowest BCUT2D eigenvalue weighted by atomic mass is 9.96. The first-order chi connectivity index (χ1) is 24.5. The number of hydrogen-bond donors (Lipinski definition) is 4. The SMILES string of the molecule is COc1ccccc1-c1cc(N)no1.COc1ccccc1-c1cc(NS(=O)(=O)NC2CCCCC2)no1.II.O=S(=O)(Cl)NC1CCCCC1. The molecule has 51 heavy (non-hydrogen) atoms. The minimum Gasteiger partial charge on any atom is -0.496 e. The Kier molecular flexibility index (Phi) is 18.6. The highest BCUT2D eigenvalue weighted by Crippen LogP contribution is 2.32. The molecule has 2 aliphatic rings. The zero-order valence-corrected chi connectivity index (χ0v) is 34.9. The molecule has 2 aliphatic carbocycles. The van der Waals surface area contributed by atoms with E-state index in [0.29, 0.717) is 28.7 Å². The Morgan fingerprint density at radius 1 is 0.725 bits per heavy atom.